The number of halogens is 4. The molecule has 0 bridgehead atoms. The Hall–Kier alpha value is 0.830. The Morgan fingerprint density at radius 3 is 2.00 bits per heavy atom. The van der Waals surface area contributed by atoms with E-state index in [2.05, 4.69) is 0 Å². The van der Waals surface area contributed by atoms with Gasteiger partial charge >= 0.3 is 0 Å². The Balaban J connectivity index is 4.08. The van der Waals surface area contributed by atoms with Gasteiger partial charge in [-0.2, -0.15) is 0 Å². The van der Waals surface area contributed by atoms with Crippen molar-refractivity contribution in [2.24, 2.45) is 0 Å². The fourth-order valence-corrected chi connectivity index (χ4v) is 0.881. The molecule has 0 saturated heterocycles. The smallest absolute Gasteiger partial charge is 0.213 e. The van der Waals surface area contributed by atoms with Crippen LogP contribution in [0.5, 0.6) is 0 Å². The molecule has 60 valence electrons. The van der Waals surface area contributed by atoms with E-state index < -0.39 is 9.17 Å². The second-order valence-electron chi connectivity index (χ2n) is 1.72. The minimum absolute atomic E-state index is 0.262. The van der Waals surface area contributed by atoms with Crippen molar-refractivity contribution in [2.45, 2.75) is 22.5 Å². The maximum Gasteiger partial charge on any atom is 0.213 e. The van der Waals surface area contributed by atoms with Gasteiger partial charge in [0.15, 0.2) is 5.78 Å². The summed E-state index contributed by atoms with van der Waals surface area (Å²) < 4.78 is -1.69. The van der Waals surface area contributed by atoms with E-state index in [0.717, 1.165) is 0 Å². The SMILES string of the molecule is CCC(=O)C(Cl)C(Cl)(Cl)Cl. The molecule has 0 aromatic carbocycles. The van der Waals surface area contributed by atoms with E-state index in [9.17, 15) is 4.79 Å². The highest BCUT2D eigenvalue weighted by atomic mass is 35.6. The van der Waals surface area contributed by atoms with Crippen LogP contribution in [0, 0.1) is 0 Å². The van der Waals surface area contributed by atoms with Gasteiger partial charge in [-0.25, -0.2) is 0 Å². The third kappa shape index (κ3) is 3.29. The molecule has 0 aliphatic heterocycles. The van der Waals surface area contributed by atoms with Crippen LogP contribution in [-0.2, 0) is 4.79 Å². The number of alkyl halides is 4. The molecule has 0 rings (SSSR count). The highest BCUT2D eigenvalue weighted by molar-refractivity contribution is 6.71. The lowest BCUT2D eigenvalue weighted by atomic mass is 10.2. The second kappa shape index (κ2) is 4.01. The van der Waals surface area contributed by atoms with E-state index in [1.165, 1.54) is 0 Å². The van der Waals surface area contributed by atoms with Crippen LogP contribution >= 0.6 is 46.4 Å². The zero-order chi connectivity index (χ0) is 8.36. The Labute approximate surface area is 79.6 Å². The third-order valence-electron chi connectivity index (χ3n) is 0.919. The van der Waals surface area contributed by atoms with Crippen LogP contribution in [0.3, 0.4) is 0 Å². The molecular formula is C5H6Cl4O. The van der Waals surface area contributed by atoms with Gasteiger partial charge in [-0.1, -0.05) is 41.7 Å². The first kappa shape index (κ1) is 10.8. The van der Waals surface area contributed by atoms with Crippen LogP contribution in [0.4, 0.5) is 0 Å². The van der Waals surface area contributed by atoms with Crippen LogP contribution in [0.15, 0.2) is 0 Å². The van der Waals surface area contributed by atoms with Crippen molar-refractivity contribution in [3.63, 3.8) is 0 Å². The first-order chi connectivity index (χ1) is 4.39. The van der Waals surface area contributed by atoms with Gasteiger partial charge in [0.1, 0.15) is 5.38 Å². The first-order valence-corrected chi connectivity index (χ1v) is 4.20. The maximum atomic E-state index is 10.8. The average Bonchev–Trinajstić information content (AvgIpc) is 1.83. The fraction of sp³-hybridized carbons (Fsp3) is 0.800. The minimum atomic E-state index is -1.69. The standard InChI is InChI=1S/C5H6Cl4O/c1-2-3(10)4(6)5(7,8)9/h4H,2H2,1H3. The number of carbonyl (C=O) groups excluding carboxylic acids is 1. The second-order valence-corrected chi connectivity index (χ2v) is 4.53. The summed E-state index contributed by atoms with van der Waals surface area (Å²) in [6, 6.07) is 0. The van der Waals surface area contributed by atoms with E-state index in [-0.39, 0.29) is 12.2 Å². The lowest BCUT2D eigenvalue weighted by Gasteiger charge is -2.15. The van der Waals surface area contributed by atoms with Crippen molar-refractivity contribution >= 4 is 52.2 Å². The van der Waals surface area contributed by atoms with Crippen molar-refractivity contribution in [1.82, 2.24) is 0 Å². The van der Waals surface area contributed by atoms with Gasteiger partial charge in [0.2, 0.25) is 3.79 Å². The molecule has 1 unspecified atom stereocenters. The molecule has 0 fully saturated rings. The highest BCUT2D eigenvalue weighted by Gasteiger charge is 2.35. The van der Waals surface area contributed by atoms with E-state index in [4.69, 9.17) is 46.4 Å². The fourth-order valence-electron chi connectivity index (χ4n) is 0.362. The molecule has 0 radical (unpaired) electrons. The summed E-state index contributed by atoms with van der Waals surface area (Å²) in [6.45, 7) is 1.66. The molecule has 1 nitrogen and oxygen atoms in total. The molecule has 0 saturated carbocycles. The number of hydrogen-bond acceptors (Lipinski definition) is 1. The predicted octanol–water partition coefficient (Wildman–Crippen LogP) is 2.94. The lowest BCUT2D eigenvalue weighted by molar-refractivity contribution is -0.118. The molecule has 0 aliphatic carbocycles. The summed E-state index contributed by atoms with van der Waals surface area (Å²) in [5.41, 5.74) is 0. The van der Waals surface area contributed by atoms with E-state index >= 15 is 0 Å². The molecular weight excluding hydrogens is 218 g/mol. The number of ketones is 1. The molecule has 5 heteroatoms. The molecule has 0 spiro atoms. The average molecular weight is 224 g/mol. The first-order valence-electron chi connectivity index (χ1n) is 2.63. The van der Waals surface area contributed by atoms with Gasteiger partial charge in [-0.15, -0.1) is 11.6 Å². The summed E-state index contributed by atoms with van der Waals surface area (Å²) >= 11 is 21.5. The molecule has 0 N–H and O–H groups in total. The van der Waals surface area contributed by atoms with Crippen molar-refractivity contribution < 1.29 is 4.79 Å². The zero-order valence-corrected chi connectivity index (χ0v) is 8.23. The Morgan fingerprint density at radius 2 is 1.90 bits per heavy atom. The number of hydrogen-bond donors (Lipinski definition) is 0. The topological polar surface area (TPSA) is 17.1 Å². The Bertz CT molecular complexity index is 128. The Kier molecular flexibility index (Phi) is 4.34. The van der Waals surface area contributed by atoms with Crippen LogP contribution in [0.1, 0.15) is 13.3 Å². The van der Waals surface area contributed by atoms with Crippen LogP contribution in [-0.4, -0.2) is 15.0 Å². The summed E-state index contributed by atoms with van der Waals surface area (Å²) in [7, 11) is 0. The van der Waals surface area contributed by atoms with Crippen LogP contribution < -0.4 is 0 Å². The maximum absolute atomic E-state index is 10.8. The molecule has 0 aromatic rings. The van der Waals surface area contributed by atoms with Crippen molar-refractivity contribution in [1.29, 1.82) is 0 Å². The van der Waals surface area contributed by atoms with Crippen LogP contribution in [0.25, 0.3) is 0 Å². The molecule has 10 heavy (non-hydrogen) atoms. The Morgan fingerprint density at radius 1 is 1.50 bits per heavy atom. The van der Waals surface area contributed by atoms with E-state index in [0.29, 0.717) is 0 Å². The molecule has 0 aliphatic rings. The number of Topliss-reactive ketones (excluding diaryl/α,β-unsaturated/α-hetero) is 1. The summed E-state index contributed by atoms with van der Waals surface area (Å²) in [5.74, 6) is -0.262. The number of carbonyl (C=O) groups is 1. The largest absolute Gasteiger partial charge is 0.298 e. The van der Waals surface area contributed by atoms with Crippen molar-refractivity contribution in [2.75, 3.05) is 0 Å². The van der Waals surface area contributed by atoms with Gasteiger partial charge in [0.25, 0.3) is 0 Å². The minimum Gasteiger partial charge on any atom is -0.298 e. The molecule has 0 heterocycles. The van der Waals surface area contributed by atoms with Gasteiger partial charge < -0.3 is 0 Å². The van der Waals surface area contributed by atoms with Gasteiger partial charge in [0, 0.05) is 6.42 Å². The van der Waals surface area contributed by atoms with E-state index in [1.807, 2.05) is 0 Å². The normalized spacial score (nSPS) is 14.9. The summed E-state index contributed by atoms with van der Waals surface area (Å²) in [6.07, 6.45) is 0.280. The summed E-state index contributed by atoms with van der Waals surface area (Å²) in [5, 5.41) is -1.04. The van der Waals surface area contributed by atoms with Gasteiger partial charge in [0.05, 0.1) is 0 Å². The predicted molar refractivity (Wildman–Crippen MR) is 45.2 cm³/mol. The lowest BCUT2D eigenvalue weighted by Crippen LogP contribution is -2.28. The van der Waals surface area contributed by atoms with Crippen LogP contribution in [0.2, 0.25) is 0 Å². The third-order valence-corrected chi connectivity index (χ3v) is 2.48. The molecule has 0 aromatic heterocycles. The van der Waals surface area contributed by atoms with Crippen molar-refractivity contribution in [3.8, 4) is 0 Å². The van der Waals surface area contributed by atoms with Gasteiger partial charge in [-0.05, 0) is 0 Å². The summed E-state index contributed by atoms with van der Waals surface area (Å²) in [4.78, 5) is 10.8. The van der Waals surface area contributed by atoms with Crippen molar-refractivity contribution in [3.05, 3.63) is 0 Å². The quantitative estimate of drug-likeness (QED) is 0.659. The monoisotopic (exact) mass is 222 g/mol. The number of rotatable bonds is 2. The van der Waals surface area contributed by atoms with Gasteiger partial charge in [-0.3, -0.25) is 4.79 Å². The highest BCUT2D eigenvalue weighted by Crippen LogP contribution is 2.34. The van der Waals surface area contributed by atoms with E-state index in [1.54, 1.807) is 6.92 Å². The molecule has 0 amide bonds. The zero-order valence-electron chi connectivity index (χ0n) is 5.20. The molecule has 1 atom stereocenters.